The Morgan fingerprint density at radius 2 is 2.00 bits per heavy atom. The van der Waals surface area contributed by atoms with E-state index in [1.165, 1.54) is 0 Å². The standard InChI is InChI=1S/C6H10Br2O4/c7-5(8)6(12,1-2-9)3-4(10)11/h5,9,12H,1-3H2,(H,10,11)/t6-/m1/s1. The fraction of sp³-hybridized carbons (Fsp3) is 0.833. The molecule has 12 heavy (non-hydrogen) atoms. The topological polar surface area (TPSA) is 77.8 Å². The molecule has 0 bridgehead atoms. The van der Waals surface area contributed by atoms with Crippen LogP contribution in [0, 0.1) is 0 Å². The van der Waals surface area contributed by atoms with Crippen molar-refractivity contribution in [3.05, 3.63) is 0 Å². The van der Waals surface area contributed by atoms with E-state index in [1.807, 2.05) is 0 Å². The highest BCUT2D eigenvalue weighted by Gasteiger charge is 2.35. The van der Waals surface area contributed by atoms with Crippen molar-refractivity contribution in [3.8, 4) is 0 Å². The number of hydrogen-bond donors (Lipinski definition) is 3. The average Bonchev–Trinajstić information content (AvgIpc) is 1.85. The van der Waals surface area contributed by atoms with Crippen molar-refractivity contribution < 1.29 is 20.1 Å². The van der Waals surface area contributed by atoms with Gasteiger partial charge in [-0.25, -0.2) is 0 Å². The molecule has 0 unspecified atom stereocenters. The molecule has 0 rings (SSSR count). The van der Waals surface area contributed by atoms with Crippen LogP contribution in [0.1, 0.15) is 12.8 Å². The summed E-state index contributed by atoms with van der Waals surface area (Å²) in [5.74, 6) is -1.10. The van der Waals surface area contributed by atoms with Gasteiger partial charge in [-0.1, -0.05) is 31.9 Å². The smallest absolute Gasteiger partial charge is 0.306 e. The monoisotopic (exact) mass is 304 g/mol. The molecule has 0 fully saturated rings. The largest absolute Gasteiger partial charge is 0.481 e. The Balaban J connectivity index is 4.28. The van der Waals surface area contributed by atoms with E-state index in [1.54, 1.807) is 0 Å². The van der Waals surface area contributed by atoms with Gasteiger partial charge in [-0.3, -0.25) is 4.79 Å². The van der Waals surface area contributed by atoms with Crippen LogP contribution >= 0.6 is 31.9 Å². The zero-order valence-corrected chi connectivity index (χ0v) is 9.38. The number of alkyl halides is 2. The lowest BCUT2D eigenvalue weighted by atomic mass is 9.99. The lowest BCUT2D eigenvalue weighted by Crippen LogP contribution is -2.38. The highest BCUT2D eigenvalue weighted by Crippen LogP contribution is 2.30. The van der Waals surface area contributed by atoms with E-state index in [0.717, 1.165) is 0 Å². The molecule has 0 aliphatic carbocycles. The van der Waals surface area contributed by atoms with Gasteiger partial charge in [0.25, 0.3) is 0 Å². The lowest BCUT2D eigenvalue weighted by molar-refractivity contribution is -0.142. The molecule has 4 nitrogen and oxygen atoms in total. The molecule has 0 aliphatic heterocycles. The molecule has 0 aliphatic rings. The first-order valence-electron chi connectivity index (χ1n) is 3.25. The summed E-state index contributed by atoms with van der Waals surface area (Å²) in [4.78, 5) is 10.3. The number of halogens is 2. The molecule has 0 radical (unpaired) electrons. The summed E-state index contributed by atoms with van der Waals surface area (Å²) in [7, 11) is 0. The normalized spacial score (nSPS) is 16.1. The van der Waals surface area contributed by atoms with Crippen LogP contribution in [0.3, 0.4) is 0 Å². The first kappa shape index (κ1) is 12.3. The van der Waals surface area contributed by atoms with Crippen LogP contribution in [-0.4, -0.2) is 37.2 Å². The Morgan fingerprint density at radius 1 is 1.50 bits per heavy atom. The maximum absolute atomic E-state index is 10.3. The van der Waals surface area contributed by atoms with Gasteiger partial charge < -0.3 is 15.3 Å². The van der Waals surface area contributed by atoms with E-state index in [4.69, 9.17) is 10.2 Å². The van der Waals surface area contributed by atoms with E-state index in [-0.39, 0.29) is 13.0 Å². The molecule has 0 aromatic heterocycles. The van der Waals surface area contributed by atoms with E-state index >= 15 is 0 Å². The molecule has 0 heterocycles. The summed E-state index contributed by atoms with van der Waals surface area (Å²) in [6.45, 7) is -0.253. The second-order valence-corrected chi connectivity index (χ2v) is 5.51. The van der Waals surface area contributed by atoms with Gasteiger partial charge >= 0.3 is 5.97 Å². The Bertz CT molecular complexity index is 162. The van der Waals surface area contributed by atoms with Crippen LogP contribution < -0.4 is 0 Å². The van der Waals surface area contributed by atoms with Crippen LogP contribution in [0.5, 0.6) is 0 Å². The Kier molecular flexibility index (Phi) is 5.31. The Labute approximate surface area is 86.8 Å². The fourth-order valence-corrected chi connectivity index (χ4v) is 1.51. The third-order valence-electron chi connectivity index (χ3n) is 1.41. The number of rotatable bonds is 5. The molecule has 3 N–H and O–H groups in total. The summed E-state index contributed by atoms with van der Waals surface area (Å²) in [6, 6.07) is 0. The van der Waals surface area contributed by atoms with Gasteiger partial charge in [0.15, 0.2) is 0 Å². The van der Waals surface area contributed by atoms with Crippen LogP contribution in [0.2, 0.25) is 0 Å². The highest BCUT2D eigenvalue weighted by atomic mass is 79.9. The van der Waals surface area contributed by atoms with Gasteiger partial charge in [-0.2, -0.15) is 0 Å². The summed E-state index contributed by atoms with van der Waals surface area (Å²) < 4.78 is -0.541. The molecular weight excluding hydrogens is 296 g/mol. The predicted molar refractivity (Wildman–Crippen MR) is 50.5 cm³/mol. The van der Waals surface area contributed by atoms with Crippen LogP contribution in [-0.2, 0) is 4.79 Å². The van der Waals surface area contributed by atoms with Crippen molar-refractivity contribution in [3.63, 3.8) is 0 Å². The molecular formula is C6H10Br2O4. The molecule has 0 aromatic rings. The van der Waals surface area contributed by atoms with Gasteiger partial charge in [0, 0.05) is 13.0 Å². The number of aliphatic carboxylic acids is 1. The minimum atomic E-state index is -1.44. The van der Waals surface area contributed by atoms with Gasteiger partial charge in [0.05, 0.1) is 15.8 Å². The van der Waals surface area contributed by atoms with Gasteiger partial charge in [0.1, 0.15) is 0 Å². The Morgan fingerprint density at radius 3 is 2.25 bits per heavy atom. The fourth-order valence-electron chi connectivity index (χ4n) is 0.730. The molecule has 1 atom stereocenters. The third kappa shape index (κ3) is 3.84. The molecule has 6 heteroatoms. The molecule has 0 saturated carbocycles. The van der Waals surface area contributed by atoms with Gasteiger partial charge in [-0.15, -0.1) is 0 Å². The first-order chi connectivity index (χ1) is 5.42. The van der Waals surface area contributed by atoms with Crippen molar-refractivity contribution in [2.75, 3.05) is 6.61 Å². The predicted octanol–water partition coefficient (Wildman–Crippen LogP) is 0.690. The molecule has 0 amide bonds. The SMILES string of the molecule is O=C(O)C[C@](O)(CCO)C(Br)Br. The Hall–Kier alpha value is 0.350. The van der Waals surface area contributed by atoms with Crippen molar-refractivity contribution in [2.24, 2.45) is 0 Å². The minimum Gasteiger partial charge on any atom is -0.481 e. The lowest BCUT2D eigenvalue weighted by Gasteiger charge is -2.27. The number of carboxylic acids is 1. The first-order valence-corrected chi connectivity index (χ1v) is 5.08. The maximum atomic E-state index is 10.3. The molecule has 0 saturated heterocycles. The second kappa shape index (κ2) is 5.16. The van der Waals surface area contributed by atoms with Gasteiger partial charge in [0.2, 0.25) is 0 Å². The zero-order chi connectivity index (χ0) is 9.78. The van der Waals surface area contributed by atoms with E-state index in [2.05, 4.69) is 31.9 Å². The van der Waals surface area contributed by atoms with Crippen molar-refractivity contribution in [2.45, 2.75) is 22.2 Å². The molecule has 0 spiro atoms. The quantitative estimate of drug-likeness (QED) is 0.653. The summed E-state index contributed by atoms with van der Waals surface area (Å²) in [5.41, 5.74) is -1.44. The number of carboxylic acid groups (broad SMARTS) is 1. The van der Waals surface area contributed by atoms with Crippen LogP contribution in [0.15, 0.2) is 0 Å². The number of aliphatic hydroxyl groups excluding tert-OH is 1. The van der Waals surface area contributed by atoms with Gasteiger partial charge in [-0.05, 0) is 0 Å². The van der Waals surface area contributed by atoms with E-state index in [0.29, 0.717) is 0 Å². The summed E-state index contributed by atoms with van der Waals surface area (Å²) >= 11 is 6.04. The molecule has 72 valence electrons. The third-order valence-corrected chi connectivity index (χ3v) is 3.11. The van der Waals surface area contributed by atoms with Crippen molar-refractivity contribution >= 4 is 37.8 Å². The number of aliphatic hydroxyl groups is 2. The van der Waals surface area contributed by atoms with Crippen LogP contribution in [0.4, 0.5) is 0 Å². The number of carbonyl (C=O) groups is 1. The van der Waals surface area contributed by atoms with Crippen LogP contribution in [0.25, 0.3) is 0 Å². The van der Waals surface area contributed by atoms with Crippen molar-refractivity contribution in [1.29, 1.82) is 0 Å². The summed E-state index contributed by atoms with van der Waals surface area (Å²) in [6.07, 6.45) is -0.394. The van der Waals surface area contributed by atoms with Crippen molar-refractivity contribution in [1.82, 2.24) is 0 Å². The highest BCUT2D eigenvalue weighted by molar-refractivity contribution is 9.24. The zero-order valence-electron chi connectivity index (χ0n) is 6.20. The number of hydrogen-bond acceptors (Lipinski definition) is 3. The van der Waals surface area contributed by atoms with E-state index in [9.17, 15) is 9.90 Å². The average molecular weight is 306 g/mol. The summed E-state index contributed by atoms with van der Waals surface area (Å²) in [5, 5.41) is 26.6. The second-order valence-electron chi connectivity index (χ2n) is 2.45. The minimum absolute atomic E-state index is 0.0144. The van der Waals surface area contributed by atoms with E-state index < -0.39 is 21.7 Å². The maximum Gasteiger partial charge on any atom is 0.306 e. The molecule has 0 aromatic carbocycles.